The Morgan fingerprint density at radius 3 is 2.75 bits per heavy atom. The fraction of sp³-hybridized carbons (Fsp3) is 0.250. The Balaban J connectivity index is 1.62. The van der Waals surface area contributed by atoms with Crippen molar-refractivity contribution in [2.24, 2.45) is 0 Å². The number of imide groups is 2. The SMILES string of the molecule is Cc1ccncc1CNc1cccc2c1C(=O)N(C1CCC(=O)NC1=O)C2=O. The number of nitrogens with one attached hydrogen (secondary N) is 2. The van der Waals surface area contributed by atoms with E-state index in [0.717, 1.165) is 16.0 Å². The highest BCUT2D eigenvalue weighted by Crippen LogP contribution is 2.32. The molecule has 4 amide bonds. The molecule has 0 aliphatic carbocycles. The van der Waals surface area contributed by atoms with Crippen molar-refractivity contribution < 1.29 is 19.2 Å². The Hall–Kier alpha value is -3.55. The quantitative estimate of drug-likeness (QED) is 0.779. The van der Waals surface area contributed by atoms with E-state index in [-0.39, 0.29) is 24.0 Å². The van der Waals surface area contributed by atoms with Gasteiger partial charge in [-0.15, -0.1) is 0 Å². The summed E-state index contributed by atoms with van der Waals surface area (Å²) in [6.45, 7) is 2.41. The Morgan fingerprint density at radius 1 is 1.18 bits per heavy atom. The minimum absolute atomic E-state index is 0.0925. The van der Waals surface area contributed by atoms with Gasteiger partial charge in [-0.05, 0) is 42.7 Å². The topological polar surface area (TPSA) is 108 Å². The average Bonchev–Trinajstić information content (AvgIpc) is 2.93. The molecule has 0 saturated carbocycles. The number of pyridine rings is 1. The first-order valence-corrected chi connectivity index (χ1v) is 8.95. The maximum atomic E-state index is 13.0. The number of carbonyl (C=O) groups is 4. The van der Waals surface area contributed by atoms with Crippen molar-refractivity contribution in [2.75, 3.05) is 5.32 Å². The zero-order chi connectivity index (χ0) is 19.8. The van der Waals surface area contributed by atoms with Gasteiger partial charge in [-0.3, -0.25) is 34.4 Å². The van der Waals surface area contributed by atoms with E-state index in [1.54, 1.807) is 30.6 Å². The highest BCUT2D eigenvalue weighted by atomic mass is 16.2. The van der Waals surface area contributed by atoms with Crippen molar-refractivity contribution >= 4 is 29.3 Å². The largest absolute Gasteiger partial charge is 0.380 e. The molecule has 0 spiro atoms. The van der Waals surface area contributed by atoms with E-state index in [0.29, 0.717) is 12.2 Å². The van der Waals surface area contributed by atoms with E-state index < -0.39 is 29.7 Å². The monoisotopic (exact) mass is 378 g/mol. The Morgan fingerprint density at radius 2 is 2.00 bits per heavy atom. The van der Waals surface area contributed by atoms with Crippen LogP contribution >= 0.6 is 0 Å². The molecule has 0 radical (unpaired) electrons. The second kappa shape index (κ2) is 6.88. The molecule has 0 bridgehead atoms. The van der Waals surface area contributed by atoms with Crippen molar-refractivity contribution in [3.8, 4) is 0 Å². The van der Waals surface area contributed by atoms with E-state index in [4.69, 9.17) is 0 Å². The third kappa shape index (κ3) is 2.92. The summed E-state index contributed by atoms with van der Waals surface area (Å²) >= 11 is 0. The average molecular weight is 378 g/mol. The fourth-order valence-corrected chi connectivity index (χ4v) is 3.53. The number of fused-ring (bicyclic) bond motifs is 1. The lowest BCUT2D eigenvalue weighted by atomic mass is 10.0. The van der Waals surface area contributed by atoms with E-state index in [1.165, 1.54) is 0 Å². The van der Waals surface area contributed by atoms with Gasteiger partial charge in [-0.25, -0.2) is 0 Å². The summed E-state index contributed by atoms with van der Waals surface area (Å²) in [5.41, 5.74) is 3.05. The molecule has 1 atom stereocenters. The predicted molar refractivity (Wildman–Crippen MR) is 99.4 cm³/mol. The molecule has 142 valence electrons. The van der Waals surface area contributed by atoms with Gasteiger partial charge in [0.1, 0.15) is 6.04 Å². The molecule has 2 aliphatic rings. The molecule has 1 aromatic carbocycles. The normalized spacial score (nSPS) is 18.9. The second-order valence-corrected chi connectivity index (χ2v) is 6.83. The minimum Gasteiger partial charge on any atom is -0.380 e. The third-order valence-corrected chi connectivity index (χ3v) is 5.08. The van der Waals surface area contributed by atoms with Crippen LogP contribution in [0.4, 0.5) is 5.69 Å². The van der Waals surface area contributed by atoms with Crippen LogP contribution in [0.5, 0.6) is 0 Å². The summed E-state index contributed by atoms with van der Waals surface area (Å²) in [6, 6.07) is 5.91. The number of rotatable bonds is 4. The van der Waals surface area contributed by atoms with Crippen LogP contribution < -0.4 is 10.6 Å². The highest BCUT2D eigenvalue weighted by molar-refractivity contribution is 6.25. The van der Waals surface area contributed by atoms with E-state index in [2.05, 4.69) is 15.6 Å². The van der Waals surface area contributed by atoms with Crippen LogP contribution in [0.3, 0.4) is 0 Å². The predicted octanol–water partition coefficient (Wildman–Crippen LogP) is 1.40. The molecule has 1 saturated heterocycles. The number of hydrogen-bond acceptors (Lipinski definition) is 6. The number of amides is 4. The first-order chi connectivity index (χ1) is 13.5. The summed E-state index contributed by atoms with van der Waals surface area (Å²) in [5.74, 6) is -2.06. The van der Waals surface area contributed by atoms with Crippen LogP contribution in [0.2, 0.25) is 0 Å². The van der Waals surface area contributed by atoms with Crippen LogP contribution in [0, 0.1) is 6.92 Å². The summed E-state index contributed by atoms with van der Waals surface area (Å²) < 4.78 is 0. The van der Waals surface area contributed by atoms with Gasteiger partial charge in [0, 0.05) is 31.0 Å². The Bertz CT molecular complexity index is 1020. The molecule has 4 rings (SSSR count). The zero-order valence-corrected chi connectivity index (χ0v) is 15.2. The zero-order valence-electron chi connectivity index (χ0n) is 15.2. The van der Waals surface area contributed by atoms with Crippen LogP contribution in [0.25, 0.3) is 0 Å². The fourth-order valence-electron chi connectivity index (χ4n) is 3.53. The van der Waals surface area contributed by atoms with Gasteiger partial charge in [-0.1, -0.05) is 6.07 Å². The first-order valence-electron chi connectivity index (χ1n) is 8.95. The first kappa shape index (κ1) is 17.8. The number of hydrogen-bond donors (Lipinski definition) is 2. The maximum absolute atomic E-state index is 13.0. The van der Waals surface area contributed by atoms with Gasteiger partial charge in [-0.2, -0.15) is 0 Å². The smallest absolute Gasteiger partial charge is 0.264 e. The number of aryl methyl sites for hydroxylation is 1. The maximum Gasteiger partial charge on any atom is 0.264 e. The Labute approximate surface area is 160 Å². The molecule has 2 aromatic rings. The lowest BCUT2D eigenvalue weighted by Crippen LogP contribution is -2.54. The summed E-state index contributed by atoms with van der Waals surface area (Å²) in [7, 11) is 0. The van der Waals surface area contributed by atoms with E-state index in [1.807, 2.05) is 13.0 Å². The molecule has 3 heterocycles. The molecule has 8 heteroatoms. The summed E-state index contributed by atoms with van der Waals surface area (Å²) in [6.07, 6.45) is 3.68. The van der Waals surface area contributed by atoms with Gasteiger partial charge in [0.05, 0.1) is 11.1 Å². The van der Waals surface area contributed by atoms with E-state index in [9.17, 15) is 19.2 Å². The lowest BCUT2D eigenvalue weighted by molar-refractivity contribution is -0.136. The lowest BCUT2D eigenvalue weighted by Gasteiger charge is -2.27. The number of aromatic nitrogens is 1. The highest BCUT2D eigenvalue weighted by Gasteiger charge is 2.45. The van der Waals surface area contributed by atoms with E-state index >= 15 is 0 Å². The van der Waals surface area contributed by atoms with Crippen molar-refractivity contribution in [3.63, 3.8) is 0 Å². The van der Waals surface area contributed by atoms with Gasteiger partial charge in [0.2, 0.25) is 11.8 Å². The van der Waals surface area contributed by atoms with Crippen LogP contribution in [0.1, 0.15) is 44.7 Å². The Kier molecular flexibility index (Phi) is 4.38. The number of anilines is 1. The van der Waals surface area contributed by atoms with Crippen molar-refractivity contribution in [2.45, 2.75) is 32.4 Å². The standard InChI is InChI=1S/C20H18N4O4/c1-11-7-8-21-9-12(11)10-22-14-4-2-3-13-17(14)20(28)24(19(13)27)15-5-6-16(25)23-18(15)26/h2-4,7-9,15,22H,5-6,10H2,1H3,(H,23,25,26). The number of carbonyl (C=O) groups excluding carboxylic acids is 4. The third-order valence-electron chi connectivity index (χ3n) is 5.08. The second-order valence-electron chi connectivity index (χ2n) is 6.83. The van der Waals surface area contributed by atoms with Gasteiger partial charge >= 0.3 is 0 Å². The molecule has 1 unspecified atom stereocenters. The van der Waals surface area contributed by atoms with Crippen molar-refractivity contribution in [1.29, 1.82) is 0 Å². The molecule has 2 aliphatic heterocycles. The molecular formula is C20H18N4O4. The van der Waals surface area contributed by atoms with Gasteiger partial charge < -0.3 is 5.32 Å². The van der Waals surface area contributed by atoms with Crippen molar-refractivity contribution in [1.82, 2.24) is 15.2 Å². The minimum atomic E-state index is -0.974. The van der Waals surface area contributed by atoms with Gasteiger partial charge in [0.25, 0.3) is 11.8 Å². The number of piperidine rings is 1. The molecular weight excluding hydrogens is 360 g/mol. The molecule has 8 nitrogen and oxygen atoms in total. The molecule has 28 heavy (non-hydrogen) atoms. The molecule has 1 fully saturated rings. The van der Waals surface area contributed by atoms with Crippen LogP contribution in [-0.2, 0) is 16.1 Å². The van der Waals surface area contributed by atoms with Crippen LogP contribution in [-0.4, -0.2) is 39.6 Å². The number of nitrogens with zero attached hydrogens (tertiary/aromatic N) is 2. The molecule has 2 N–H and O–H groups in total. The summed E-state index contributed by atoms with van der Waals surface area (Å²) in [5, 5.41) is 5.40. The van der Waals surface area contributed by atoms with Gasteiger partial charge in [0.15, 0.2) is 0 Å². The number of benzene rings is 1. The van der Waals surface area contributed by atoms with Crippen molar-refractivity contribution in [3.05, 3.63) is 58.9 Å². The van der Waals surface area contributed by atoms with Crippen LogP contribution in [0.15, 0.2) is 36.7 Å². The summed E-state index contributed by atoms with van der Waals surface area (Å²) in [4.78, 5) is 54.5. The molecule has 1 aromatic heterocycles.